The molecule has 1 fully saturated rings. The first-order valence-corrected chi connectivity index (χ1v) is 11.5. The Morgan fingerprint density at radius 1 is 1.15 bits per heavy atom. The summed E-state index contributed by atoms with van der Waals surface area (Å²) < 4.78 is 12.6. The van der Waals surface area contributed by atoms with E-state index in [-0.39, 0.29) is 0 Å². The van der Waals surface area contributed by atoms with Gasteiger partial charge in [0.1, 0.15) is 17.6 Å². The van der Waals surface area contributed by atoms with Gasteiger partial charge in [-0.15, -0.1) is 4.57 Å². The monoisotopic (exact) mass is 464 g/mol. The average Bonchev–Trinajstić information content (AvgIpc) is 3.46. The molecule has 5 rings (SSSR count). The molecule has 0 spiro atoms. The van der Waals surface area contributed by atoms with Gasteiger partial charge >= 0.3 is 6.33 Å². The summed E-state index contributed by atoms with van der Waals surface area (Å²) in [4.78, 5) is 4.17. The molecule has 1 saturated carbocycles. The molecule has 0 atom stereocenters. The number of pyridine rings is 1. The summed E-state index contributed by atoms with van der Waals surface area (Å²) in [6, 6.07) is 15.1. The van der Waals surface area contributed by atoms with E-state index in [2.05, 4.69) is 33.6 Å². The van der Waals surface area contributed by atoms with Gasteiger partial charge < -0.3 is 9.26 Å². The largest absolute Gasteiger partial charge is 0.474 e. The van der Waals surface area contributed by atoms with Gasteiger partial charge in [0.15, 0.2) is 0 Å². The highest BCUT2D eigenvalue weighted by molar-refractivity contribution is 6.30. The van der Waals surface area contributed by atoms with E-state index in [9.17, 15) is 0 Å². The lowest BCUT2D eigenvalue weighted by Crippen LogP contribution is -2.23. The van der Waals surface area contributed by atoms with Gasteiger partial charge in [-0.2, -0.15) is 0 Å². The Kier molecular flexibility index (Phi) is 7.59. The van der Waals surface area contributed by atoms with Crippen molar-refractivity contribution in [1.29, 1.82) is 0 Å². The van der Waals surface area contributed by atoms with E-state index in [1.807, 2.05) is 55.5 Å². The molecule has 1 aromatic carbocycles. The molecule has 1 aliphatic carbocycles. The van der Waals surface area contributed by atoms with Crippen LogP contribution in [0.1, 0.15) is 49.9 Å². The number of halogens is 1. The summed E-state index contributed by atoms with van der Waals surface area (Å²) >= 11 is 5.87. The van der Waals surface area contributed by atoms with E-state index in [0.29, 0.717) is 17.5 Å². The maximum Gasteiger partial charge on any atom is 0.423 e. The zero-order valence-corrected chi connectivity index (χ0v) is 19.6. The van der Waals surface area contributed by atoms with Gasteiger partial charge in [0, 0.05) is 23.4 Å². The molecule has 0 unspecified atom stereocenters. The highest BCUT2D eigenvalue weighted by atomic mass is 35.5. The van der Waals surface area contributed by atoms with Crippen LogP contribution < -0.4 is 9.84 Å². The smallest absolute Gasteiger partial charge is 0.423 e. The Labute approximate surface area is 198 Å². The number of rotatable bonds is 5. The van der Waals surface area contributed by atoms with Crippen molar-refractivity contribution >= 4 is 11.6 Å². The Morgan fingerprint density at radius 2 is 1.94 bits per heavy atom. The van der Waals surface area contributed by atoms with Crippen LogP contribution in [0, 0.1) is 19.2 Å². The van der Waals surface area contributed by atoms with E-state index in [1.165, 1.54) is 25.7 Å². The third-order valence-corrected chi connectivity index (χ3v) is 5.81. The molecule has 1 aliphatic rings. The van der Waals surface area contributed by atoms with Gasteiger partial charge in [0.25, 0.3) is 5.82 Å². The van der Waals surface area contributed by atoms with E-state index < -0.39 is 0 Å². The van der Waals surface area contributed by atoms with Gasteiger partial charge in [-0.3, -0.25) is 0 Å². The third kappa shape index (κ3) is 6.56. The van der Waals surface area contributed by atoms with Gasteiger partial charge in [-0.1, -0.05) is 29.7 Å². The molecule has 0 amide bonds. The molecule has 3 heterocycles. The maximum atomic E-state index is 5.87. The number of hydrogen-bond donors (Lipinski definition) is 0. The molecule has 0 saturated heterocycles. The number of ether oxygens (including phenoxy) is 1. The molecule has 7 nitrogen and oxygen atoms in total. The second kappa shape index (κ2) is 11.0. The number of aryl methyl sites for hydroxylation is 1. The van der Waals surface area contributed by atoms with Crippen molar-refractivity contribution in [3.05, 3.63) is 83.4 Å². The molecule has 0 radical (unpaired) electrons. The van der Waals surface area contributed by atoms with Crippen molar-refractivity contribution in [3.8, 4) is 11.6 Å². The molecular weight excluding hydrogens is 438 g/mol. The van der Waals surface area contributed by atoms with Crippen LogP contribution in [0.25, 0.3) is 5.69 Å². The number of aromatic nitrogens is 5. The van der Waals surface area contributed by atoms with Crippen LogP contribution in [0.4, 0.5) is 0 Å². The van der Waals surface area contributed by atoms with E-state index in [0.717, 1.165) is 34.8 Å². The Balaban J connectivity index is 0.000000165. The molecule has 3 aromatic heterocycles. The first-order chi connectivity index (χ1) is 16.1. The fourth-order valence-electron chi connectivity index (χ4n) is 3.74. The maximum absolute atomic E-state index is 5.87. The molecular formula is C25H27ClN5O2+. The first-order valence-electron chi connectivity index (χ1n) is 11.1. The first kappa shape index (κ1) is 22.8. The minimum Gasteiger partial charge on any atom is -0.474 e. The number of nitrogens with zero attached hydrogens (tertiary/aromatic N) is 5. The van der Waals surface area contributed by atoms with Crippen molar-refractivity contribution in [3.63, 3.8) is 0 Å². The second-order valence-corrected chi connectivity index (χ2v) is 8.74. The predicted octanol–water partition coefficient (Wildman–Crippen LogP) is 4.85. The Morgan fingerprint density at radius 3 is 2.61 bits per heavy atom. The molecule has 170 valence electrons. The second-order valence-electron chi connectivity index (χ2n) is 8.30. The minimum atomic E-state index is 0.390. The van der Waals surface area contributed by atoms with Gasteiger partial charge in [0.2, 0.25) is 5.88 Å². The lowest BCUT2D eigenvalue weighted by Gasteiger charge is -2.26. The van der Waals surface area contributed by atoms with Crippen molar-refractivity contribution in [1.82, 2.24) is 19.8 Å². The normalized spacial score (nSPS) is 17.5. The van der Waals surface area contributed by atoms with Gasteiger partial charge in [0.05, 0.1) is 17.2 Å². The number of hydrogen-bond acceptors (Lipinski definition) is 5. The molecule has 0 N–H and O–H groups in total. The standard InChI is InChI=1S/C13H10ClN4O.C12H17NO/c1-9-6-11(17-19-9)7-13-16-15-8-18(13)12-4-2-10(14)3-5-12;1-10-5-7-11(8-6-10)14-12-4-2-3-9-13-12/h2-6H,7H2,1H3;2-4,9-11H,5-8H2,1H3/q+1;. The van der Waals surface area contributed by atoms with Crippen LogP contribution in [0.5, 0.6) is 5.88 Å². The molecule has 8 heteroatoms. The van der Waals surface area contributed by atoms with Crippen LogP contribution in [0.15, 0.2) is 59.3 Å². The molecule has 33 heavy (non-hydrogen) atoms. The van der Waals surface area contributed by atoms with E-state index >= 15 is 0 Å². The summed E-state index contributed by atoms with van der Waals surface area (Å²) in [6.07, 6.45) is 10.5. The van der Waals surface area contributed by atoms with Crippen molar-refractivity contribution in [2.45, 2.75) is 52.1 Å². The van der Waals surface area contributed by atoms with Gasteiger partial charge in [-0.25, -0.2) is 4.98 Å². The fraction of sp³-hybridized carbons (Fsp3) is 0.360. The van der Waals surface area contributed by atoms with Crippen molar-refractivity contribution in [2.24, 2.45) is 5.92 Å². The summed E-state index contributed by atoms with van der Waals surface area (Å²) in [7, 11) is 0. The van der Waals surface area contributed by atoms with E-state index in [1.54, 1.807) is 10.8 Å². The van der Waals surface area contributed by atoms with Crippen LogP contribution in [0.2, 0.25) is 5.02 Å². The zero-order valence-electron chi connectivity index (χ0n) is 18.8. The highest BCUT2D eigenvalue weighted by Gasteiger charge is 2.20. The average molecular weight is 465 g/mol. The third-order valence-electron chi connectivity index (χ3n) is 5.56. The van der Waals surface area contributed by atoms with Crippen LogP contribution in [-0.4, -0.2) is 25.9 Å². The summed E-state index contributed by atoms with van der Waals surface area (Å²) in [5, 5.41) is 12.5. The predicted molar refractivity (Wildman–Crippen MR) is 123 cm³/mol. The Bertz CT molecular complexity index is 1120. The molecule has 4 aromatic rings. The lowest BCUT2D eigenvalue weighted by molar-refractivity contribution is -0.374. The lowest BCUT2D eigenvalue weighted by atomic mass is 9.89. The van der Waals surface area contributed by atoms with Crippen LogP contribution in [-0.2, 0) is 6.42 Å². The SMILES string of the molecule is CC1CCC(Oc2ccccn2)CC1.Cc1cc(Cc2n[n+]#cn2-c2ccc(Cl)cc2)no1. The number of benzene rings is 1. The summed E-state index contributed by atoms with van der Waals surface area (Å²) in [5.74, 6) is 3.16. The summed E-state index contributed by atoms with van der Waals surface area (Å²) in [5.41, 5.74) is 1.72. The Hall–Kier alpha value is -3.37. The fourth-order valence-corrected chi connectivity index (χ4v) is 3.86. The quantitative estimate of drug-likeness (QED) is 0.420. The summed E-state index contributed by atoms with van der Waals surface area (Å²) in [6.45, 7) is 4.17. The highest BCUT2D eigenvalue weighted by Crippen LogP contribution is 2.26. The molecule has 0 bridgehead atoms. The van der Waals surface area contributed by atoms with Crippen molar-refractivity contribution in [2.75, 3.05) is 0 Å². The topological polar surface area (TPSA) is 80.1 Å². The van der Waals surface area contributed by atoms with Crippen LogP contribution >= 0.6 is 11.6 Å². The van der Waals surface area contributed by atoms with Gasteiger partial charge in [-0.05, 0) is 74.0 Å². The van der Waals surface area contributed by atoms with Crippen molar-refractivity contribution < 1.29 is 14.4 Å². The minimum absolute atomic E-state index is 0.390. The van der Waals surface area contributed by atoms with Crippen LogP contribution in [0.3, 0.4) is 0 Å². The molecule has 0 aliphatic heterocycles. The van der Waals surface area contributed by atoms with E-state index in [4.69, 9.17) is 20.9 Å². The zero-order chi connectivity index (χ0) is 23.0.